The van der Waals surface area contributed by atoms with Gasteiger partial charge in [-0.05, 0) is 85.2 Å². The molecule has 1 fully saturated rings. The Kier molecular flexibility index (Phi) is 8.44. The third kappa shape index (κ3) is 6.18. The summed E-state index contributed by atoms with van der Waals surface area (Å²) in [4.78, 5) is 1.97. The highest BCUT2D eigenvalue weighted by molar-refractivity contribution is 5.72. The van der Waals surface area contributed by atoms with Crippen molar-refractivity contribution in [3.05, 3.63) is 69.8 Å². The van der Waals surface area contributed by atoms with Crippen LogP contribution in [0.5, 0.6) is 5.75 Å². The van der Waals surface area contributed by atoms with Gasteiger partial charge in [-0.15, -0.1) is 0 Å². The van der Waals surface area contributed by atoms with Gasteiger partial charge in [-0.3, -0.25) is 4.90 Å². The van der Waals surface area contributed by atoms with Crippen molar-refractivity contribution in [3.8, 4) is 5.75 Å². The molecular formula is C28H31F6NO3. The second-order valence-corrected chi connectivity index (χ2v) is 9.79. The van der Waals surface area contributed by atoms with Crippen LogP contribution in [0.3, 0.4) is 0 Å². The Labute approximate surface area is 218 Å². The van der Waals surface area contributed by atoms with Gasteiger partial charge in [-0.25, -0.2) is 0 Å². The van der Waals surface area contributed by atoms with E-state index in [1.54, 1.807) is 21.1 Å². The number of benzene rings is 2. The van der Waals surface area contributed by atoms with Crippen LogP contribution in [0.4, 0.5) is 26.3 Å². The molecular weight excluding hydrogens is 512 g/mol. The van der Waals surface area contributed by atoms with Crippen molar-refractivity contribution in [1.82, 2.24) is 4.90 Å². The summed E-state index contributed by atoms with van der Waals surface area (Å²) in [6.45, 7) is 2.80. The first kappa shape index (κ1) is 28.4. The first-order valence-corrected chi connectivity index (χ1v) is 12.4. The lowest BCUT2D eigenvalue weighted by Crippen LogP contribution is -2.32. The number of allylic oxidation sites excluding steroid dienone is 1. The van der Waals surface area contributed by atoms with Crippen molar-refractivity contribution in [2.45, 2.75) is 63.7 Å². The predicted octanol–water partition coefficient (Wildman–Crippen LogP) is 7.63. The molecule has 208 valence electrons. The van der Waals surface area contributed by atoms with Crippen molar-refractivity contribution in [3.63, 3.8) is 0 Å². The standard InChI is InChI=1S/C28H31F6NO3/c1-17-26(19-10-21(27(29,30)31)13-22(11-19)28(32,33)34)38-16-35(17)14-18-6-4-5-7-24(18)25-9-8-23(37-3)12-20(25)15-36-2/h8-13,17,26H,4-7,14-16H2,1-3H3/t17-,26-/m0/s1. The summed E-state index contributed by atoms with van der Waals surface area (Å²) in [6.07, 6.45) is -6.98. The second-order valence-electron chi connectivity index (χ2n) is 9.79. The minimum Gasteiger partial charge on any atom is -0.497 e. The summed E-state index contributed by atoms with van der Waals surface area (Å²) in [5.74, 6) is 0.725. The number of rotatable bonds is 7. The molecule has 2 atom stereocenters. The molecule has 4 nitrogen and oxygen atoms in total. The maximum absolute atomic E-state index is 13.4. The highest BCUT2D eigenvalue weighted by Gasteiger charge is 2.40. The minimum absolute atomic E-state index is 0.105. The molecule has 4 rings (SSSR count). The van der Waals surface area contributed by atoms with E-state index in [4.69, 9.17) is 14.2 Å². The Hall–Kier alpha value is -2.56. The van der Waals surface area contributed by atoms with Crippen LogP contribution in [-0.2, 0) is 28.4 Å². The molecule has 2 aromatic carbocycles. The molecule has 10 heteroatoms. The average molecular weight is 544 g/mol. The maximum Gasteiger partial charge on any atom is 0.416 e. The summed E-state index contributed by atoms with van der Waals surface area (Å²) in [7, 11) is 3.23. The molecule has 2 aliphatic rings. The predicted molar refractivity (Wildman–Crippen MR) is 130 cm³/mol. The van der Waals surface area contributed by atoms with Gasteiger partial charge >= 0.3 is 12.4 Å². The molecule has 1 aliphatic carbocycles. The van der Waals surface area contributed by atoms with E-state index < -0.39 is 35.6 Å². The van der Waals surface area contributed by atoms with Gasteiger partial charge in [-0.2, -0.15) is 26.3 Å². The number of nitrogens with zero attached hydrogens (tertiary/aromatic N) is 1. The summed E-state index contributed by atoms with van der Waals surface area (Å²) in [6, 6.07) is 7.11. The van der Waals surface area contributed by atoms with E-state index >= 15 is 0 Å². The third-order valence-corrected chi connectivity index (χ3v) is 7.29. The fourth-order valence-corrected chi connectivity index (χ4v) is 5.31. The molecule has 1 heterocycles. The summed E-state index contributed by atoms with van der Waals surface area (Å²) >= 11 is 0. The molecule has 0 amide bonds. The van der Waals surface area contributed by atoms with Gasteiger partial charge in [0.1, 0.15) is 12.5 Å². The van der Waals surface area contributed by atoms with Crippen LogP contribution in [-0.4, -0.2) is 38.4 Å². The van der Waals surface area contributed by atoms with Crippen LogP contribution < -0.4 is 4.74 Å². The number of halogens is 6. The second kappa shape index (κ2) is 11.3. The van der Waals surface area contributed by atoms with E-state index in [0.717, 1.165) is 54.7 Å². The number of methoxy groups -OCH3 is 2. The fraction of sp³-hybridized carbons (Fsp3) is 0.500. The van der Waals surface area contributed by atoms with Crippen LogP contribution >= 0.6 is 0 Å². The van der Waals surface area contributed by atoms with Gasteiger partial charge in [0.15, 0.2) is 0 Å². The SMILES string of the molecule is COCc1cc(OC)ccc1C1=C(CN2CO[C@H](c3cc(C(F)(F)F)cc(C(F)(F)F)c3)[C@@H]2C)CCCC1. The normalized spacial score (nSPS) is 21.3. The van der Waals surface area contributed by atoms with Crippen molar-refractivity contribution in [2.24, 2.45) is 0 Å². The van der Waals surface area contributed by atoms with Gasteiger partial charge in [0, 0.05) is 19.7 Å². The van der Waals surface area contributed by atoms with E-state index in [0.29, 0.717) is 13.2 Å². The number of hydrogen-bond acceptors (Lipinski definition) is 4. The lowest BCUT2D eigenvalue weighted by atomic mass is 9.85. The van der Waals surface area contributed by atoms with Gasteiger partial charge in [0.05, 0.1) is 30.9 Å². The molecule has 1 aliphatic heterocycles. The zero-order chi connectivity index (χ0) is 27.7. The zero-order valence-corrected chi connectivity index (χ0v) is 21.5. The van der Waals surface area contributed by atoms with Gasteiger partial charge in [0.25, 0.3) is 0 Å². The molecule has 0 N–H and O–H groups in total. The monoisotopic (exact) mass is 543 g/mol. The molecule has 0 aromatic heterocycles. The Morgan fingerprint density at radius 2 is 1.58 bits per heavy atom. The highest BCUT2D eigenvalue weighted by atomic mass is 19.4. The first-order chi connectivity index (χ1) is 17.9. The minimum atomic E-state index is -4.91. The summed E-state index contributed by atoms with van der Waals surface area (Å²) in [5.41, 5.74) is 1.65. The quantitative estimate of drug-likeness (QED) is 0.336. The van der Waals surface area contributed by atoms with Gasteiger partial charge < -0.3 is 14.2 Å². The Morgan fingerprint density at radius 3 is 2.18 bits per heavy atom. The third-order valence-electron chi connectivity index (χ3n) is 7.29. The first-order valence-electron chi connectivity index (χ1n) is 12.4. The molecule has 0 saturated carbocycles. The fourth-order valence-electron chi connectivity index (χ4n) is 5.31. The van der Waals surface area contributed by atoms with Crippen molar-refractivity contribution in [1.29, 1.82) is 0 Å². The Balaban J connectivity index is 1.63. The molecule has 38 heavy (non-hydrogen) atoms. The largest absolute Gasteiger partial charge is 0.497 e. The van der Waals surface area contributed by atoms with E-state index in [-0.39, 0.29) is 18.4 Å². The molecule has 0 spiro atoms. The molecule has 0 unspecified atom stereocenters. The Morgan fingerprint density at radius 1 is 0.921 bits per heavy atom. The lowest BCUT2D eigenvalue weighted by molar-refractivity contribution is -0.143. The number of ether oxygens (including phenoxy) is 3. The number of alkyl halides is 6. The van der Waals surface area contributed by atoms with E-state index in [1.807, 2.05) is 23.1 Å². The van der Waals surface area contributed by atoms with Crippen molar-refractivity contribution < 1.29 is 40.6 Å². The molecule has 1 saturated heterocycles. The van der Waals surface area contributed by atoms with Crippen LogP contribution in [0, 0.1) is 0 Å². The van der Waals surface area contributed by atoms with E-state index in [9.17, 15) is 26.3 Å². The molecule has 2 aromatic rings. The van der Waals surface area contributed by atoms with Crippen molar-refractivity contribution in [2.75, 3.05) is 27.5 Å². The molecule has 0 bridgehead atoms. The summed E-state index contributed by atoms with van der Waals surface area (Å²) < 4.78 is 97.0. The average Bonchev–Trinajstić information content (AvgIpc) is 3.23. The lowest BCUT2D eigenvalue weighted by Gasteiger charge is -2.28. The Bertz CT molecular complexity index is 1140. The topological polar surface area (TPSA) is 30.9 Å². The highest BCUT2D eigenvalue weighted by Crippen LogP contribution is 2.42. The maximum atomic E-state index is 13.4. The van der Waals surface area contributed by atoms with Crippen LogP contribution in [0.1, 0.15) is 66.5 Å². The zero-order valence-electron chi connectivity index (χ0n) is 21.5. The van der Waals surface area contributed by atoms with Crippen LogP contribution in [0.2, 0.25) is 0 Å². The molecule has 0 radical (unpaired) electrons. The van der Waals surface area contributed by atoms with Crippen LogP contribution in [0.15, 0.2) is 42.0 Å². The van der Waals surface area contributed by atoms with Crippen LogP contribution in [0.25, 0.3) is 5.57 Å². The van der Waals surface area contributed by atoms with E-state index in [2.05, 4.69) is 0 Å². The van der Waals surface area contributed by atoms with Gasteiger partial charge in [-0.1, -0.05) is 11.6 Å². The van der Waals surface area contributed by atoms with Crippen molar-refractivity contribution >= 4 is 5.57 Å². The van der Waals surface area contributed by atoms with Gasteiger partial charge in [0.2, 0.25) is 0 Å². The van der Waals surface area contributed by atoms with E-state index in [1.165, 1.54) is 11.1 Å². The number of hydrogen-bond donors (Lipinski definition) is 0. The smallest absolute Gasteiger partial charge is 0.416 e. The summed E-state index contributed by atoms with van der Waals surface area (Å²) in [5, 5.41) is 0.